The van der Waals surface area contributed by atoms with Crippen LogP contribution in [0.5, 0.6) is 0 Å². The summed E-state index contributed by atoms with van der Waals surface area (Å²) in [5.41, 5.74) is 6.02. The first-order valence-corrected chi connectivity index (χ1v) is 4.42. The predicted molar refractivity (Wildman–Crippen MR) is 44.7 cm³/mol. The van der Waals surface area contributed by atoms with Crippen molar-refractivity contribution in [1.29, 1.82) is 0 Å². The first kappa shape index (κ1) is 8.06. The fraction of sp³-hybridized carbons (Fsp3) is 1.00. The van der Waals surface area contributed by atoms with Gasteiger partial charge in [-0.15, -0.1) is 0 Å². The molecular formula is C9H19N. The van der Waals surface area contributed by atoms with E-state index in [-0.39, 0.29) is 0 Å². The molecule has 0 heterocycles. The molecule has 0 bridgehead atoms. The maximum Gasteiger partial charge on any atom is 0.00955 e. The van der Waals surface area contributed by atoms with Gasteiger partial charge in [-0.25, -0.2) is 0 Å². The molecule has 0 saturated heterocycles. The van der Waals surface area contributed by atoms with Crippen LogP contribution in [0.1, 0.15) is 33.6 Å². The third-order valence-electron chi connectivity index (χ3n) is 2.97. The SMILES string of the molecule is CCC(C)C(N)C1CC1C. The molecule has 4 atom stereocenters. The topological polar surface area (TPSA) is 26.0 Å². The maximum atomic E-state index is 6.02. The molecule has 10 heavy (non-hydrogen) atoms. The van der Waals surface area contributed by atoms with Crippen LogP contribution in [0, 0.1) is 17.8 Å². The van der Waals surface area contributed by atoms with Crippen LogP contribution < -0.4 is 5.73 Å². The van der Waals surface area contributed by atoms with Crippen molar-refractivity contribution in [2.75, 3.05) is 0 Å². The third-order valence-corrected chi connectivity index (χ3v) is 2.97. The summed E-state index contributed by atoms with van der Waals surface area (Å²) in [5.74, 6) is 2.47. The summed E-state index contributed by atoms with van der Waals surface area (Å²) in [5, 5.41) is 0. The number of rotatable bonds is 3. The summed E-state index contributed by atoms with van der Waals surface area (Å²) in [7, 11) is 0. The van der Waals surface area contributed by atoms with Gasteiger partial charge in [0.2, 0.25) is 0 Å². The minimum atomic E-state index is 0.472. The standard InChI is InChI=1S/C9H19N/c1-4-6(2)9(10)8-5-7(8)3/h6-9H,4-5,10H2,1-3H3. The zero-order chi connectivity index (χ0) is 7.72. The Morgan fingerprint density at radius 3 is 2.40 bits per heavy atom. The highest BCUT2D eigenvalue weighted by molar-refractivity contribution is 4.92. The van der Waals surface area contributed by atoms with E-state index >= 15 is 0 Å². The molecule has 0 amide bonds. The van der Waals surface area contributed by atoms with Crippen molar-refractivity contribution in [1.82, 2.24) is 0 Å². The minimum absolute atomic E-state index is 0.472. The second-order valence-electron chi connectivity index (χ2n) is 3.84. The summed E-state index contributed by atoms with van der Waals surface area (Å²) >= 11 is 0. The van der Waals surface area contributed by atoms with Gasteiger partial charge in [0.1, 0.15) is 0 Å². The van der Waals surface area contributed by atoms with Crippen molar-refractivity contribution in [3.8, 4) is 0 Å². The van der Waals surface area contributed by atoms with E-state index in [1.165, 1.54) is 12.8 Å². The van der Waals surface area contributed by atoms with Crippen molar-refractivity contribution in [2.45, 2.75) is 39.7 Å². The molecule has 1 rings (SSSR count). The van der Waals surface area contributed by atoms with Crippen molar-refractivity contribution in [3.05, 3.63) is 0 Å². The van der Waals surface area contributed by atoms with Crippen LogP contribution in [0.15, 0.2) is 0 Å². The summed E-state index contributed by atoms with van der Waals surface area (Å²) in [4.78, 5) is 0. The lowest BCUT2D eigenvalue weighted by Crippen LogP contribution is -2.30. The predicted octanol–water partition coefficient (Wildman–Crippen LogP) is 2.02. The van der Waals surface area contributed by atoms with Gasteiger partial charge >= 0.3 is 0 Å². The van der Waals surface area contributed by atoms with Crippen LogP contribution in [0.3, 0.4) is 0 Å². The molecule has 1 saturated carbocycles. The van der Waals surface area contributed by atoms with Gasteiger partial charge in [0, 0.05) is 6.04 Å². The molecule has 1 nitrogen and oxygen atoms in total. The number of nitrogens with two attached hydrogens (primary N) is 1. The largest absolute Gasteiger partial charge is 0.327 e. The molecule has 0 aromatic carbocycles. The molecule has 2 N–H and O–H groups in total. The molecule has 1 heteroatoms. The molecule has 0 aromatic rings. The Morgan fingerprint density at radius 2 is 2.10 bits per heavy atom. The monoisotopic (exact) mass is 141 g/mol. The number of hydrogen-bond acceptors (Lipinski definition) is 1. The van der Waals surface area contributed by atoms with Crippen LogP contribution in [-0.2, 0) is 0 Å². The van der Waals surface area contributed by atoms with Crippen molar-refractivity contribution in [2.24, 2.45) is 23.5 Å². The number of hydrogen-bond donors (Lipinski definition) is 1. The molecule has 4 unspecified atom stereocenters. The molecule has 1 aliphatic carbocycles. The van der Waals surface area contributed by atoms with Crippen molar-refractivity contribution in [3.63, 3.8) is 0 Å². The zero-order valence-electron chi connectivity index (χ0n) is 7.30. The molecule has 0 aromatic heterocycles. The van der Waals surface area contributed by atoms with Crippen LogP contribution in [0.4, 0.5) is 0 Å². The molecule has 60 valence electrons. The molecule has 0 spiro atoms. The molecule has 0 radical (unpaired) electrons. The third kappa shape index (κ3) is 1.51. The summed E-state index contributed by atoms with van der Waals surface area (Å²) < 4.78 is 0. The molecular weight excluding hydrogens is 122 g/mol. The average molecular weight is 141 g/mol. The highest BCUT2D eigenvalue weighted by atomic mass is 14.7. The van der Waals surface area contributed by atoms with Gasteiger partial charge in [-0.1, -0.05) is 27.2 Å². The van der Waals surface area contributed by atoms with Crippen molar-refractivity contribution >= 4 is 0 Å². The van der Waals surface area contributed by atoms with E-state index in [1.807, 2.05) is 0 Å². The highest BCUT2D eigenvalue weighted by Crippen LogP contribution is 2.42. The lowest BCUT2D eigenvalue weighted by Gasteiger charge is -2.17. The normalized spacial score (nSPS) is 37.2. The maximum absolute atomic E-state index is 6.02. The fourth-order valence-corrected chi connectivity index (χ4v) is 1.58. The summed E-state index contributed by atoms with van der Waals surface area (Å²) in [6, 6.07) is 0.472. The van der Waals surface area contributed by atoms with E-state index in [0.717, 1.165) is 17.8 Å². The van der Waals surface area contributed by atoms with Gasteiger partial charge in [0.15, 0.2) is 0 Å². The second-order valence-corrected chi connectivity index (χ2v) is 3.84. The van der Waals surface area contributed by atoms with E-state index in [2.05, 4.69) is 20.8 Å². The van der Waals surface area contributed by atoms with Gasteiger partial charge in [0.25, 0.3) is 0 Å². The Balaban J connectivity index is 2.27. The Bertz CT molecular complexity index is 107. The Kier molecular flexibility index (Phi) is 2.35. The second kappa shape index (κ2) is 2.91. The fourth-order valence-electron chi connectivity index (χ4n) is 1.58. The lowest BCUT2D eigenvalue weighted by molar-refractivity contribution is 0.393. The minimum Gasteiger partial charge on any atom is -0.327 e. The van der Waals surface area contributed by atoms with E-state index in [0.29, 0.717) is 6.04 Å². The Morgan fingerprint density at radius 1 is 1.60 bits per heavy atom. The van der Waals surface area contributed by atoms with Crippen molar-refractivity contribution < 1.29 is 0 Å². The van der Waals surface area contributed by atoms with Gasteiger partial charge in [-0.05, 0) is 24.2 Å². The van der Waals surface area contributed by atoms with Gasteiger partial charge in [0.05, 0.1) is 0 Å². The van der Waals surface area contributed by atoms with Crippen LogP contribution in [0.25, 0.3) is 0 Å². The van der Waals surface area contributed by atoms with Crippen LogP contribution in [-0.4, -0.2) is 6.04 Å². The van der Waals surface area contributed by atoms with E-state index in [9.17, 15) is 0 Å². The molecule has 1 fully saturated rings. The zero-order valence-corrected chi connectivity index (χ0v) is 7.30. The first-order valence-electron chi connectivity index (χ1n) is 4.42. The van der Waals surface area contributed by atoms with Crippen LogP contribution in [0.2, 0.25) is 0 Å². The first-order chi connectivity index (χ1) is 4.66. The van der Waals surface area contributed by atoms with Gasteiger partial charge in [-0.3, -0.25) is 0 Å². The average Bonchev–Trinajstić information content (AvgIpc) is 2.63. The lowest BCUT2D eigenvalue weighted by atomic mass is 9.95. The van der Waals surface area contributed by atoms with E-state index in [1.54, 1.807) is 0 Å². The van der Waals surface area contributed by atoms with Crippen LogP contribution >= 0.6 is 0 Å². The Labute approximate surface area is 64.0 Å². The van der Waals surface area contributed by atoms with E-state index in [4.69, 9.17) is 5.73 Å². The Hall–Kier alpha value is -0.0400. The molecule has 1 aliphatic rings. The summed E-state index contributed by atoms with van der Waals surface area (Å²) in [6.07, 6.45) is 2.59. The smallest absolute Gasteiger partial charge is 0.00955 e. The molecule has 0 aliphatic heterocycles. The quantitative estimate of drug-likeness (QED) is 0.639. The van der Waals surface area contributed by atoms with Gasteiger partial charge in [-0.2, -0.15) is 0 Å². The van der Waals surface area contributed by atoms with E-state index < -0.39 is 0 Å². The summed E-state index contributed by atoms with van der Waals surface area (Å²) in [6.45, 7) is 6.78. The highest BCUT2D eigenvalue weighted by Gasteiger charge is 2.39. The van der Waals surface area contributed by atoms with Gasteiger partial charge < -0.3 is 5.73 Å².